The Bertz CT molecular complexity index is 336. The molecule has 16 heavy (non-hydrogen) atoms. The van der Waals surface area contributed by atoms with Crippen LogP contribution in [0.2, 0.25) is 0 Å². The van der Waals surface area contributed by atoms with E-state index in [9.17, 15) is 4.79 Å². The molecule has 6 nitrogen and oxygen atoms in total. The molecule has 0 saturated carbocycles. The molecule has 1 unspecified atom stereocenters. The summed E-state index contributed by atoms with van der Waals surface area (Å²) in [5.74, 6) is 0.892. The van der Waals surface area contributed by atoms with Gasteiger partial charge in [0.15, 0.2) is 0 Å². The minimum atomic E-state index is -0.0236. The molecule has 1 amide bonds. The van der Waals surface area contributed by atoms with Crippen LogP contribution >= 0.6 is 0 Å². The summed E-state index contributed by atoms with van der Waals surface area (Å²) in [6, 6.07) is 0. The Labute approximate surface area is 95.2 Å². The van der Waals surface area contributed by atoms with Crippen LogP contribution in [0.5, 0.6) is 0 Å². The topological polar surface area (TPSA) is 85.8 Å². The summed E-state index contributed by atoms with van der Waals surface area (Å²) in [5, 5.41) is 10.6. The number of nitrogens with one attached hydrogen (secondary N) is 1. The smallest absolute Gasteiger partial charge is 0.222 e. The lowest BCUT2D eigenvalue weighted by Crippen LogP contribution is -2.32. The van der Waals surface area contributed by atoms with E-state index in [0.717, 1.165) is 12.2 Å². The van der Waals surface area contributed by atoms with E-state index in [-0.39, 0.29) is 11.8 Å². The Morgan fingerprint density at radius 3 is 3.00 bits per heavy atom. The van der Waals surface area contributed by atoms with Crippen molar-refractivity contribution < 1.29 is 4.79 Å². The van der Waals surface area contributed by atoms with Crippen LogP contribution in [0, 0.1) is 5.92 Å². The van der Waals surface area contributed by atoms with Gasteiger partial charge in [-0.3, -0.25) is 4.79 Å². The Morgan fingerprint density at radius 1 is 1.69 bits per heavy atom. The summed E-state index contributed by atoms with van der Waals surface area (Å²) in [6.07, 6.45) is 3.06. The van der Waals surface area contributed by atoms with Crippen molar-refractivity contribution in [1.29, 1.82) is 0 Å². The molecule has 6 heteroatoms. The maximum Gasteiger partial charge on any atom is 0.222 e. The van der Waals surface area contributed by atoms with E-state index in [1.807, 2.05) is 18.5 Å². The number of hydrogen-bond donors (Lipinski definition) is 2. The first-order valence-electron chi connectivity index (χ1n) is 5.45. The summed E-state index contributed by atoms with van der Waals surface area (Å²) in [5.41, 5.74) is 5.39. The Balaban J connectivity index is 2.25. The molecular formula is C10H19N5O. The molecule has 90 valence electrons. The highest BCUT2D eigenvalue weighted by atomic mass is 16.1. The fraction of sp³-hybridized carbons (Fsp3) is 0.700. The summed E-state index contributed by atoms with van der Waals surface area (Å²) >= 11 is 0. The largest absolute Gasteiger partial charge is 0.355 e. The third kappa shape index (κ3) is 3.62. The fourth-order valence-electron chi connectivity index (χ4n) is 1.39. The quantitative estimate of drug-likeness (QED) is 0.680. The fourth-order valence-corrected chi connectivity index (χ4v) is 1.39. The number of nitrogens with two attached hydrogens (primary N) is 1. The minimum absolute atomic E-state index is 0.0236. The molecule has 0 radical (unpaired) electrons. The zero-order valence-corrected chi connectivity index (χ0v) is 9.81. The Morgan fingerprint density at radius 2 is 2.44 bits per heavy atom. The van der Waals surface area contributed by atoms with Crippen molar-refractivity contribution >= 4 is 5.91 Å². The number of carbonyl (C=O) groups is 1. The zero-order chi connectivity index (χ0) is 12.0. The van der Waals surface area contributed by atoms with E-state index >= 15 is 0 Å². The molecule has 0 spiro atoms. The van der Waals surface area contributed by atoms with E-state index in [0.29, 0.717) is 19.5 Å². The predicted molar refractivity (Wildman–Crippen MR) is 60.6 cm³/mol. The van der Waals surface area contributed by atoms with Gasteiger partial charge in [-0.25, -0.2) is 0 Å². The number of aromatic nitrogens is 3. The molecule has 0 aromatic carbocycles. The number of amides is 1. The molecule has 0 aliphatic carbocycles. The number of rotatable bonds is 6. The lowest BCUT2D eigenvalue weighted by Gasteiger charge is -2.10. The van der Waals surface area contributed by atoms with Crippen LogP contribution in [0.3, 0.4) is 0 Å². The molecule has 3 N–H and O–H groups in total. The van der Waals surface area contributed by atoms with Gasteiger partial charge < -0.3 is 15.6 Å². The number of aryl methyl sites for hydroxylation is 1. The van der Waals surface area contributed by atoms with Crippen LogP contribution in [0.15, 0.2) is 6.33 Å². The maximum absolute atomic E-state index is 11.5. The van der Waals surface area contributed by atoms with Crippen LogP contribution in [-0.4, -0.2) is 33.8 Å². The second-order valence-electron chi connectivity index (χ2n) is 3.88. The first kappa shape index (κ1) is 12.6. The Hall–Kier alpha value is -1.43. The summed E-state index contributed by atoms with van der Waals surface area (Å²) in [4.78, 5) is 11.5. The maximum atomic E-state index is 11.5. The summed E-state index contributed by atoms with van der Waals surface area (Å²) in [7, 11) is 1.88. The molecule has 1 aromatic heterocycles. The average Bonchev–Trinajstić information content (AvgIpc) is 2.65. The van der Waals surface area contributed by atoms with Crippen molar-refractivity contribution in [3.05, 3.63) is 12.2 Å². The van der Waals surface area contributed by atoms with Crippen LogP contribution in [0.25, 0.3) is 0 Å². The van der Waals surface area contributed by atoms with Gasteiger partial charge in [-0.15, -0.1) is 10.2 Å². The van der Waals surface area contributed by atoms with Crippen molar-refractivity contribution in [3.8, 4) is 0 Å². The highest BCUT2D eigenvalue weighted by molar-refractivity contribution is 5.78. The lowest BCUT2D eigenvalue weighted by atomic mass is 10.1. The highest BCUT2D eigenvalue weighted by Crippen LogP contribution is 1.99. The molecule has 1 heterocycles. The van der Waals surface area contributed by atoms with Gasteiger partial charge >= 0.3 is 0 Å². The average molecular weight is 225 g/mol. The standard InChI is InChI=1S/C10H19N5O/c1-8(3-5-11)10(16)12-6-4-9-14-13-7-15(9)2/h7-8H,3-6,11H2,1-2H3,(H,12,16). The van der Waals surface area contributed by atoms with Crippen molar-refractivity contribution in [2.24, 2.45) is 18.7 Å². The monoisotopic (exact) mass is 225 g/mol. The molecule has 0 saturated heterocycles. The second kappa shape index (κ2) is 6.22. The predicted octanol–water partition coefficient (Wildman–Crippen LogP) is -0.541. The van der Waals surface area contributed by atoms with Gasteiger partial charge in [0.2, 0.25) is 5.91 Å². The van der Waals surface area contributed by atoms with Crippen molar-refractivity contribution in [3.63, 3.8) is 0 Å². The first-order valence-corrected chi connectivity index (χ1v) is 5.45. The molecule has 1 atom stereocenters. The van der Waals surface area contributed by atoms with E-state index in [4.69, 9.17) is 5.73 Å². The highest BCUT2D eigenvalue weighted by Gasteiger charge is 2.11. The molecule has 1 aromatic rings. The number of hydrogen-bond acceptors (Lipinski definition) is 4. The van der Waals surface area contributed by atoms with Gasteiger partial charge in [0.1, 0.15) is 12.2 Å². The lowest BCUT2D eigenvalue weighted by molar-refractivity contribution is -0.124. The second-order valence-corrected chi connectivity index (χ2v) is 3.88. The van der Waals surface area contributed by atoms with E-state index in [1.54, 1.807) is 6.33 Å². The van der Waals surface area contributed by atoms with Crippen LogP contribution in [0.1, 0.15) is 19.2 Å². The Kier molecular flexibility index (Phi) is 4.91. The number of nitrogens with zero attached hydrogens (tertiary/aromatic N) is 3. The molecule has 0 bridgehead atoms. The van der Waals surface area contributed by atoms with Gasteiger partial charge in [-0.05, 0) is 13.0 Å². The van der Waals surface area contributed by atoms with E-state index in [2.05, 4.69) is 15.5 Å². The number of carbonyl (C=O) groups excluding carboxylic acids is 1. The SMILES string of the molecule is CC(CCN)C(=O)NCCc1nncn1C. The summed E-state index contributed by atoms with van der Waals surface area (Å²) < 4.78 is 1.84. The van der Waals surface area contributed by atoms with Crippen molar-refractivity contribution in [1.82, 2.24) is 20.1 Å². The van der Waals surface area contributed by atoms with Gasteiger partial charge in [0.05, 0.1) is 0 Å². The third-order valence-corrected chi connectivity index (χ3v) is 2.50. The minimum Gasteiger partial charge on any atom is -0.355 e. The van der Waals surface area contributed by atoms with Crippen LogP contribution in [-0.2, 0) is 18.3 Å². The molecule has 0 fully saturated rings. The van der Waals surface area contributed by atoms with Gasteiger partial charge in [0.25, 0.3) is 0 Å². The summed E-state index contributed by atoms with van der Waals surface area (Å²) in [6.45, 7) is 3.00. The van der Waals surface area contributed by atoms with Crippen molar-refractivity contribution in [2.75, 3.05) is 13.1 Å². The molecule has 1 rings (SSSR count). The molecular weight excluding hydrogens is 206 g/mol. The zero-order valence-electron chi connectivity index (χ0n) is 9.81. The van der Waals surface area contributed by atoms with Gasteiger partial charge in [-0.2, -0.15) is 0 Å². The van der Waals surface area contributed by atoms with E-state index in [1.165, 1.54) is 0 Å². The third-order valence-electron chi connectivity index (χ3n) is 2.50. The molecule has 0 aliphatic rings. The van der Waals surface area contributed by atoms with Gasteiger partial charge in [0, 0.05) is 25.9 Å². The van der Waals surface area contributed by atoms with E-state index < -0.39 is 0 Å². The van der Waals surface area contributed by atoms with Crippen molar-refractivity contribution in [2.45, 2.75) is 19.8 Å². The van der Waals surface area contributed by atoms with Crippen LogP contribution < -0.4 is 11.1 Å². The molecule has 0 aliphatic heterocycles. The first-order chi connectivity index (χ1) is 7.65. The van der Waals surface area contributed by atoms with Gasteiger partial charge in [-0.1, -0.05) is 6.92 Å². The normalized spacial score (nSPS) is 12.4. The van der Waals surface area contributed by atoms with Crippen LogP contribution in [0.4, 0.5) is 0 Å².